The number of halogens is 2. The Kier molecular flexibility index (Phi) is 2.45. The van der Waals surface area contributed by atoms with Crippen LogP contribution in [-0.2, 0) is 10.7 Å². The maximum Gasteiger partial charge on any atom is 0.417 e. The molecule has 0 fully saturated rings. The molecule has 0 saturated heterocycles. The quantitative estimate of drug-likeness (QED) is 0.859. The van der Waals surface area contributed by atoms with Crippen molar-refractivity contribution >= 4 is 17.1 Å². The number of alkyl halides is 2. The van der Waals surface area contributed by atoms with Gasteiger partial charge in [0.15, 0.2) is 5.58 Å². The van der Waals surface area contributed by atoms with Crippen LogP contribution in [0.4, 0.5) is 8.78 Å². The molecule has 0 aliphatic rings. The van der Waals surface area contributed by atoms with Crippen molar-refractivity contribution in [2.45, 2.75) is 12.3 Å². The number of benzene rings is 1. The number of rotatable bonds is 3. The number of carboxylic acids is 1. The molecule has 7 heteroatoms. The third-order valence-corrected chi connectivity index (χ3v) is 2.21. The van der Waals surface area contributed by atoms with Gasteiger partial charge in [-0.15, -0.1) is 0 Å². The topological polar surface area (TPSA) is 83.3 Å². The highest BCUT2D eigenvalue weighted by Crippen LogP contribution is 2.32. The molecule has 1 aromatic heterocycles. The largest absolute Gasteiger partial charge is 0.481 e. The lowest BCUT2D eigenvalue weighted by Crippen LogP contribution is -2.18. The van der Waals surface area contributed by atoms with E-state index in [4.69, 9.17) is 5.11 Å². The van der Waals surface area contributed by atoms with Crippen molar-refractivity contribution in [3.8, 4) is 0 Å². The summed E-state index contributed by atoms with van der Waals surface area (Å²) in [6, 6.07) is 3.23. The molecule has 90 valence electrons. The molecule has 0 aliphatic carbocycles. The van der Waals surface area contributed by atoms with E-state index in [0.717, 1.165) is 12.1 Å². The maximum atomic E-state index is 13.4. The number of carboxylic acid groups (broad SMARTS) is 1. The summed E-state index contributed by atoms with van der Waals surface area (Å²) in [5, 5.41) is 8.37. The average Bonchev–Trinajstić information content (AvgIpc) is 2.54. The second-order valence-electron chi connectivity index (χ2n) is 3.50. The zero-order valence-corrected chi connectivity index (χ0v) is 8.37. The van der Waals surface area contributed by atoms with E-state index in [1.165, 1.54) is 6.07 Å². The lowest BCUT2D eigenvalue weighted by atomic mass is 10.1. The van der Waals surface area contributed by atoms with Gasteiger partial charge in [-0.2, -0.15) is 0 Å². The molecule has 2 rings (SSSR count). The van der Waals surface area contributed by atoms with Crippen molar-refractivity contribution in [3.63, 3.8) is 0 Å². The van der Waals surface area contributed by atoms with Gasteiger partial charge in [0.2, 0.25) is 0 Å². The minimum Gasteiger partial charge on any atom is -0.481 e. The van der Waals surface area contributed by atoms with Crippen LogP contribution in [0.25, 0.3) is 11.1 Å². The van der Waals surface area contributed by atoms with Crippen molar-refractivity contribution in [1.29, 1.82) is 0 Å². The Morgan fingerprint density at radius 2 is 2.18 bits per heavy atom. The molecule has 1 heterocycles. The number of aromatic amines is 1. The molecule has 0 spiro atoms. The Bertz CT molecular complexity index is 629. The van der Waals surface area contributed by atoms with Gasteiger partial charge in [0.1, 0.15) is 6.42 Å². The highest BCUT2D eigenvalue weighted by atomic mass is 19.3. The summed E-state index contributed by atoms with van der Waals surface area (Å²) in [7, 11) is 0. The zero-order valence-electron chi connectivity index (χ0n) is 8.37. The van der Waals surface area contributed by atoms with Crippen molar-refractivity contribution < 1.29 is 23.1 Å². The minimum absolute atomic E-state index is 0.109. The Morgan fingerprint density at radius 1 is 1.47 bits per heavy atom. The van der Waals surface area contributed by atoms with Gasteiger partial charge in [-0.05, 0) is 18.2 Å². The van der Waals surface area contributed by atoms with Gasteiger partial charge >= 0.3 is 11.7 Å². The fourth-order valence-electron chi connectivity index (χ4n) is 1.47. The smallest absolute Gasteiger partial charge is 0.417 e. The van der Waals surface area contributed by atoms with Crippen LogP contribution in [0, 0.1) is 0 Å². The Morgan fingerprint density at radius 3 is 2.82 bits per heavy atom. The molecule has 1 aromatic carbocycles. The van der Waals surface area contributed by atoms with Crippen LogP contribution >= 0.6 is 0 Å². The summed E-state index contributed by atoms with van der Waals surface area (Å²) in [4.78, 5) is 23.3. The molecule has 0 atom stereocenters. The first-order valence-electron chi connectivity index (χ1n) is 4.61. The summed E-state index contributed by atoms with van der Waals surface area (Å²) in [5.41, 5.74) is -0.230. The third kappa shape index (κ3) is 2.17. The van der Waals surface area contributed by atoms with E-state index in [9.17, 15) is 18.4 Å². The predicted octanol–water partition coefficient (Wildman–Crippen LogP) is 1.69. The molecule has 0 aliphatic heterocycles. The molecule has 0 unspecified atom stereocenters. The predicted molar refractivity (Wildman–Crippen MR) is 53.0 cm³/mol. The van der Waals surface area contributed by atoms with Gasteiger partial charge in [-0.1, -0.05) is 0 Å². The summed E-state index contributed by atoms with van der Waals surface area (Å²) in [6.45, 7) is 0. The van der Waals surface area contributed by atoms with Crippen molar-refractivity contribution in [2.75, 3.05) is 0 Å². The van der Waals surface area contributed by atoms with Gasteiger partial charge in [0.25, 0.3) is 5.92 Å². The number of fused-ring (bicyclic) bond motifs is 1. The number of aliphatic carboxylic acids is 1. The standard InChI is InChI=1S/C10H7F2NO4/c11-10(12,4-8(14)15)5-1-2-7-6(3-5)13-9(16)17-7/h1-3H,4H2,(H,13,16)(H,14,15). The third-order valence-electron chi connectivity index (χ3n) is 2.21. The summed E-state index contributed by atoms with van der Waals surface area (Å²) in [6.07, 6.45) is -1.30. The second kappa shape index (κ2) is 3.69. The Labute approximate surface area is 92.7 Å². The van der Waals surface area contributed by atoms with Crippen molar-refractivity contribution in [3.05, 3.63) is 34.3 Å². The molecule has 2 N–H and O–H groups in total. The fraction of sp³-hybridized carbons (Fsp3) is 0.200. The van der Waals surface area contributed by atoms with E-state index in [0.29, 0.717) is 0 Å². The normalized spacial score (nSPS) is 11.9. The first-order valence-corrected chi connectivity index (χ1v) is 4.61. The monoisotopic (exact) mass is 243 g/mol. The number of nitrogens with one attached hydrogen (secondary N) is 1. The highest BCUT2D eigenvalue weighted by molar-refractivity contribution is 5.74. The first-order chi connectivity index (χ1) is 7.88. The van der Waals surface area contributed by atoms with E-state index in [1.807, 2.05) is 0 Å². The van der Waals surface area contributed by atoms with E-state index in [1.54, 1.807) is 0 Å². The molecule has 0 amide bonds. The SMILES string of the molecule is O=C(O)CC(F)(F)c1ccc2oc(=O)[nH]c2c1. The number of oxazole rings is 1. The molecule has 0 bridgehead atoms. The van der Waals surface area contributed by atoms with Gasteiger partial charge in [0, 0.05) is 5.56 Å². The van der Waals surface area contributed by atoms with E-state index in [-0.39, 0.29) is 11.1 Å². The summed E-state index contributed by atoms with van der Waals surface area (Å²) < 4.78 is 31.5. The molecule has 5 nitrogen and oxygen atoms in total. The van der Waals surface area contributed by atoms with Crippen LogP contribution in [0.5, 0.6) is 0 Å². The number of hydrogen-bond donors (Lipinski definition) is 2. The lowest BCUT2D eigenvalue weighted by molar-refractivity contribution is -0.145. The van der Waals surface area contributed by atoms with Crippen molar-refractivity contribution in [1.82, 2.24) is 4.98 Å². The molecule has 2 aromatic rings. The highest BCUT2D eigenvalue weighted by Gasteiger charge is 2.34. The second-order valence-corrected chi connectivity index (χ2v) is 3.50. The van der Waals surface area contributed by atoms with Gasteiger partial charge in [-0.3, -0.25) is 9.78 Å². The Balaban J connectivity index is 2.48. The Hall–Kier alpha value is -2.18. The number of aromatic nitrogens is 1. The maximum absolute atomic E-state index is 13.4. The lowest BCUT2D eigenvalue weighted by Gasteiger charge is -2.13. The van der Waals surface area contributed by atoms with Crippen LogP contribution in [-0.4, -0.2) is 16.1 Å². The minimum atomic E-state index is -3.49. The van der Waals surface area contributed by atoms with Gasteiger partial charge in [0.05, 0.1) is 5.52 Å². The molecular weight excluding hydrogens is 236 g/mol. The average molecular weight is 243 g/mol. The van der Waals surface area contributed by atoms with Gasteiger partial charge in [-0.25, -0.2) is 13.6 Å². The molecular formula is C10H7F2NO4. The van der Waals surface area contributed by atoms with E-state index in [2.05, 4.69) is 9.40 Å². The fourth-order valence-corrected chi connectivity index (χ4v) is 1.47. The van der Waals surface area contributed by atoms with E-state index < -0.39 is 29.6 Å². The number of carbonyl (C=O) groups is 1. The number of H-pyrrole nitrogens is 1. The summed E-state index contributed by atoms with van der Waals surface area (Å²) >= 11 is 0. The van der Waals surface area contributed by atoms with Crippen LogP contribution < -0.4 is 5.76 Å². The van der Waals surface area contributed by atoms with Crippen LogP contribution in [0.3, 0.4) is 0 Å². The van der Waals surface area contributed by atoms with E-state index >= 15 is 0 Å². The van der Waals surface area contributed by atoms with Crippen LogP contribution in [0.1, 0.15) is 12.0 Å². The molecule has 0 radical (unpaired) electrons. The summed E-state index contributed by atoms with van der Waals surface area (Å²) in [5.74, 6) is -5.84. The van der Waals surface area contributed by atoms with Crippen LogP contribution in [0.2, 0.25) is 0 Å². The number of hydrogen-bond acceptors (Lipinski definition) is 3. The van der Waals surface area contributed by atoms with Gasteiger partial charge < -0.3 is 9.52 Å². The van der Waals surface area contributed by atoms with Crippen LogP contribution in [0.15, 0.2) is 27.4 Å². The molecule has 0 saturated carbocycles. The van der Waals surface area contributed by atoms with Crippen molar-refractivity contribution in [2.24, 2.45) is 0 Å². The zero-order chi connectivity index (χ0) is 12.6. The first kappa shape index (κ1) is 11.3. The molecule has 17 heavy (non-hydrogen) atoms.